The molecule has 142 valence electrons. The first-order valence-electron chi connectivity index (χ1n) is 8.76. The zero-order valence-corrected chi connectivity index (χ0v) is 15.4. The molecule has 1 aliphatic rings. The highest BCUT2D eigenvalue weighted by Gasteiger charge is 2.21. The zero-order valence-electron chi connectivity index (χ0n) is 15.4. The highest BCUT2D eigenvalue weighted by Crippen LogP contribution is 2.16. The summed E-state index contributed by atoms with van der Waals surface area (Å²) in [7, 11) is 1.56. The molecule has 0 spiro atoms. The standard InChI is InChI=1S/C20H22N2O5/c1-14(19(23)15-3-6-17(25-2)7-4-15)27-20(24)16-5-8-18(21-13-16)22-9-11-26-12-10-22/h3-8,13-14H,9-12H2,1-2H3. The molecule has 1 aromatic heterocycles. The number of aromatic nitrogens is 1. The van der Waals surface area contributed by atoms with Crippen molar-refractivity contribution in [3.8, 4) is 5.75 Å². The molecule has 1 unspecified atom stereocenters. The minimum Gasteiger partial charge on any atom is -0.497 e. The Balaban J connectivity index is 1.60. The van der Waals surface area contributed by atoms with E-state index >= 15 is 0 Å². The average Bonchev–Trinajstić information content (AvgIpc) is 2.74. The van der Waals surface area contributed by atoms with Crippen molar-refractivity contribution >= 4 is 17.6 Å². The number of morpholine rings is 1. The summed E-state index contributed by atoms with van der Waals surface area (Å²) in [5.41, 5.74) is 0.762. The molecule has 2 heterocycles. The van der Waals surface area contributed by atoms with Crippen LogP contribution in [0.15, 0.2) is 42.6 Å². The topological polar surface area (TPSA) is 78.0 Å². The predicted molar refractivity (Wildman–Crippen MR) is 99.5 cm³/mol. The van der Waals surface area contributed by atoms with Crippen LogP contribution < -0.4 is 9.64 Å². The van der Waals surface area contributed by atoms with Crippen molar-refractivity contribution in [3.05, 3.63) is 53.7 Å². The highest BCUT2D eigenvalue weighted by atomic mass is 16.5. The van der Waals surface area contributed by atoms with Crippen molar-refractivity contribution < 1.29 is 23.8 Å². The van der Waals surface area contributed by atoms with Gasteiger partial charge < -0.3 is 19.1 Å². The molecular weight excluding hydrogens is 348 g/mol. The van der Waals surface area contributed by atoms with Crippen molar-refractivity contribution in [3.63, 3.8) is 0 Å². The molecule has 0 N–H and O–H groups in total. The van der Waals surface area contributed by atoms with Crippen molar-refractivity contribution in [2.24, 2.45) is 0 Å². The molecule has 0 saturated carbocycles. The minimum absolute atomic E-state index is 0.274. The van der Waals surface area contributed by atoms with Gasteiger partial charge in [-0.15, -0.1) is 0 Å². The van der Waals surface area contributed by atoms with Crippen LogP contribution in [-0.2, 0) is 9.47 Å². The van der Waals surface area contributed by atoms with Gasteiger partial charge in [0.05, 0.1) is 25.9 Å². The van der Waals surface area contributed by atoms with Crippen LogP contribution in [0, 0.1) is 0 Å². The predicted octanol–water partition coefficient (Wildman–Crippen LogP) is 2.36. The van der Waals surface area contributed by atoms with Crippen molar-refractivity contribution in [2.75, 3.05) is 38.3 Å². The highest BCUT2D eigenvalue weighted by molar-refractivity contribution is 6.01. The van der Waals surface area contributed by atoms with E-state index in [1.165, 1.54) is 6.20 Å². The van der Waals surface area contributed by atoms with Gasteiger partial charge in [0.15, 0.2) is 6.10 Å². The molecule has 1 aromatic carbocycles. The maximum Gasteiger partial charge on any atom is 0.340 e. The summed E-state index contributed by atoms with van der Waals surface area (Å²) in [5, 5.41) is 0. The number of hydrogen-bond donors (Lipinski definition) is 0. The van der Waals surface area contributed by atoms with E-state index < -0.39 is 12.1 Å². The van der Waals surface area contributed by atoms with Crippen LogP contribution in [0.2, 0.25) is 0 Å². The number of rotatable bonds is 6. The number of ketones is 1. The van der Waals surface area contributed by atoms with E-state index in [0.29, 0.717) is 30.1 Å². The molecule has 2 aromatic rings. The number of esters is 1. The van der Waals surface area contributed by atoms with Crippen LogP contribution in [-0.4, -0.2) is 56.3 Å². The van der Waals surface area contributed by atoms with Gasteiger partial charge in [-0.1, -0.05) is 0 Å². The molecule has 3 rings (SSSR count). The number of Topliss-reactive ketones (excluding diaryl/α,β-unsaturated/α-hetero) is 1. The van der Waals surface area contributed by atoms with Crippen molar-refractivity contribution in [1.82, 2.24) is 4.98 Å². The third-order valence-electron chi connectivity index (χ3n) is 4.35. The lowest BCUT2D eigenvalue weighted by molar-refractivity contribution is 0.0318. The number of nitrogens with zero attached hydrogens (tertiary/aromatic N) is 2. The van der Waals surface area contributed by atoms with Crippen LogP contribution in [0.25, 0.3) is 0 Å². The minimum atomic E-state index is -0.898. The second-order valence-electron chi connectivity index (χ2n) is 6.14. The largest absolute Gasteiger partial charge is 0.497 e. The average molecular weight is 370 g/mol. The van der Waals surface area contributed by atoms with Crippen LogP contribution >= 0.6 is 0 Å². The Bertz CT molecular complexity index is 783. The number of hydrogen-bond acceptors (Lipinski definition) is 7. The molecule has 7 nitrogen and oxygen atoms in total. The second kappa shape index (κ2) is 8.64. The lowest BCUT2D eigenvalue weighted by Gasteiger charge is -2.27. The van der Waals surface area contributed by atoms with Gasteiger partial charge in [-0.3, -0.25) is 4.79 Å². The Morgan fingerprint density at radius 2 is 1.74 bits per heavy atom. The molecule has 0 radical (unpaired) electrons. The number of carbonyl (C=O) groups is 2. The number of carbonyl (C=O) groups excluding carboxylic acids is 2. The molecular formula is C20H22N2O5. The Morgan fingerprint density at radius 3 is 2.33 bits per heavy atom. The SMILES string of the molecule is COc1ccc(C(=O)C(C)OC(=O)c2ccc(N3CCOCC3)nc2)cc1. The molecule has 1 aliphatic heterocycles. The molecule has 7 heteroatoms. The van der Waals surface area contributed by atoms with Gasteiger partial charge in [0, 0.05) is 24.8 Å². The normalized spacial score (nSPS) is 15.1. The van der Waals surface area contributed by atoms with E-state index in [-0.39, 0.29) is 5.78 Å². The molecule has 27 heavy (non-hydrogen) atoms. The Morgan fingerprint density at radius 1 is 1.07 bits per heavy atom. The summed E-state index contributed by atoms with van der Waals surface area (Å²) in [4.78, 5) is 31.1. The number of anilines is 1. The number of pyridine rings is 1. The fraction of sp³-hybridized carbons (Fsp3) is 0.350. The van der Waals surface area contributed by atoms with E-state index in [1.54, 1.807) is 50.4 Å². The van der Waals surface area contributed by atoms with Crippen molar-refractivity contribution in [1.29, 1.82) is 0 Å². The van der Waals surface area contributed by atoms with Gasteiger partial charge >= 0.3 is 5.97 Å². The van der Waals surface area contributed by atoms with E-state index in [9.17, 15) is 9.59 Å². The molecule has 0 aliphatic carbocycles. The molecule has 1 saturated heterocycles. The third-order valence-corrected chi connectivity index (χ3v) is 4.35. The van der Waals surface area contributed by atoms with Gasteiger partial charge in [-0.2, -0.15) is 0 Å². The van der Waals surface area contributed by atoms with Crippen LogP contribution in [0.5, 0.6) is 5.75 Å². The number of ether oxygens (including phenoxy) is 3. The van der Waals surface area contributed by atoms with E-state index in [4.69, 9.17) is 14.2 Å². The first-order valence-corrected chi connectivity index (χ1v) is 8.76. The summed E-state index contributed by atoms with van der Waals surface area (Å²) in [6.45, 7) is 4.42. The van der Waals surface area contributed by atoms with E-state index in [1.807, 2.05) is 0 Å². The Hall–Kier alpha value is -2.93. The summed E-state index contributed by atoms with van der Waals surface area (Å²) >= 11 is 0. The molecule has 0 bridgehead atoms. The van der Waals surface area contributed by atoms with E-state index in [0.717, 1.165) is 18.9 Å². The van der Waals surface area contributed by atoms with Gasteiger partial charge in [0.1, 0.15) is 11.6 Å². The maximum absolute atomic E-state index is 12.4. The summed E-state index contributed by atoms with van der Waals surface area (Å²) in [6.07, 6.45) is 0.572. The van der Waals surface area contributed by atoms with Crippen LogP contribution in [0.3, 0.4) is 0 Å². The summed E-state index contributed by atoms with van der Waals surface area (Å²) in [6, 6.07) is 10.1. The fourth-order valence-electron chi connectivity index (χ4n) is 2.76. The third kappa shape index (κ3) is 4.62. The Kier molecular flexibility index (Phi) is 6.03. The molecule has 0 amide bonds. The number of benzene rings is 1. The fourth-order valence-corrected chi connectivity index (χ4v) is 2.76. The zero-order chi connectivity index (χ0) is 19.2. The monoisotopic (exact) mass is 370 g/mol. The summed E-state index contributed by atoms with van der Waals surface area (Å²) < 4.78 is 15.7. The van der Waals surface area contributed by atoms with Gasteiger partial charge in [0.25, 0.3) is 0 Å². The smallest absolute Gasteiger partial charge is 0.340 e. The quantitative estimate of drug-likeness (QED) is 0.570. The summed E-state index contributed by atoms with van der Waals surface area (Å²) in [5.74, 6) is 0.592. The molecule has 1 fully saturated rings. The van der Waals surface area contributed by atoms with Gasteiger partial charge in [-0.05, 0) is 43.3 Å². The van der Waals surface area contributed by atoms with Crippen LogP contribution in [0.1, 0.15) is 27.6 Å². The van der Waals surface area contributed by atoms with Gasteiger partial charge in [-0.25, -0.2) is 9.78 Å². The maximum atomic E-state index is 12.4. The first-order chi connectivity index (χ1) is 13.1. The van der Waals surface area contributed by atoms with E-state index in [2.05, 4.69) is 9.88 Å². The second-order valence-corrected chi connectivity index (χ2v) is 6.14. The van der Waals surface area contributed by atoms with Crippen LogP contribution in [0.4, 0.5) is 5.82 Å². The number of methoxy groups -OCH3 is 1. The molecule has 1 atom stereocenters. The van der Waals surface area contributed by atoms with Gasteiger partial charge in [0.2, 0.25) is 5.78 Å². The first kappa shape index (κ1) is 18.8. The Labute approximate surface area is 157 Å². The van der Waals surface area contributed by atoms with Crippen molar-refractivity contribution in [2.45, 2.75) is 13.0 Å². The lowest BCUT2D eigenvalue weighted by atomic mass is 10.1. The lowest BCUT2D eigenvalue weighted by Crippen LogP contribution is -2.36.